The monoisotopic (exact) mass is 344 g/mol. The predicted octanol–water partition coefficient (Wildman–Crippen LogP) is 2.73. The third-order valence-corrected chi connectivity index (χ3v) is 5.42. The molecule has 1 aliphatic carbocycles. The number of aromatic nitrogens is 2. The summed E-state index contributed by atoms with van der Waals surface area (Å²) in [6.45, 7) is 2.63. The third-order valence-electron chi connectivity index (χ3n) is 5.42. The van der Waals surface area contributed by atoms with Crippen molar-refractivity contribution in [2.75, 3.05) is 20.6 Å². The lowest BCUT2D eigenvalue weighted by molar-refractivity contribution is -0.139. The van der Waals surface area contributed by atoms with Crippen molar-refractivity contribution >= 4 is 11.8 Å². The number of piperidine rings is 1. The van der Waals surface area contributed by atoms with E-state index in [9.17, 15) is 9.59 Å². The SMILES string of the molecule is Cc1nc(C2CCCCN2C(=O)C2CCCC2)ncc1C(=O)N(C)C. The van der Waals surface area contributed by atoms with Crippen molar-refractivity contribution in [3.63, 3.8) is 0 Å². The van der Waals surface area contributed by atoms with E-state index in [-0.39, 0.29) is 23.8 Å². The summed E-state index contributed by atoms with van der Waals surface area (Å²) >= 11 is 0. The number of nitrogens with zero attached hydrogens (tertiary/aromatic N) is 4. The molecule has 2 amide bonds. The molecule has 2 heterocycles. The van der Waals surface area contributed by atoms with Gasteiger partial charge in [0.15, 0.2) is 5.82 Å². The van der Waals surface area contributed by atoms with Crippen LogP contribution in [0.25, 0.3) is 0 Å². The second-order valence-corrected chi connectivity index (χ2v) is 7.45. The van der Waals surface area contributed by atoms with E-state index in [1.165, 1.54) is 4.90 Å². The number of amides is 2. The zero-order valence-electron chi connectivity index (χ0n) is 15.5. The Kier molecular flexibility index (Phi) is 5.35. The molecule has 1 aromatic heterocycles. The van der Waals surface area contributed by atoms with Gasteiger partial charge in [-0.2, -0.15) is 0 Å². The summed E-state index contributed by atoms with van der Waals surface area (Å²) in [5, 5.41) is 0. The Hall–Kier alpha value is -1.98. The smallest absolute Gasteiger partial charge is 0.256 e. The molecule has 0 bridgehead atoms. The molecule has 0 N–H and O–H groups in total. The van der Waals surface area contributed by atoms with Gasteiger partial charge in [0.2, 0.25) is 5.91 Å². The summed E-state index contributed by atoms with van der Waals surface area (Å²) in [6.07, 6.45) is 8.99. The molecule has 1 aliphatic heterocycles. The molecule has 2 aliphatic rings. The van der Waals surface area contributed by atoms with Gasteiger partial charge in [-0.25, -0.2) is 9.97 Å². The van der Waals surface area contributed by atoms with Crippen molar-refractivity contribution < 1.29 is 9.59 Å². The van der Waals surface area contributed by atoms with Crippen LogP contribution >= 0.6 is 0 Å². The number of carbonyl (C=O) groups is 2. The van der Waals surface area contributed by atoms with Crippen LogP contribution in [0.5, 0.6) is 0 Å². The van der Waals surface area contributed by atoms with Crippen LogP contribution in [-0.4, -0.2) is 52.2 Å². The lowest BCUT2D eigenvalue weighted by atomic mass is 9.97. The van der Waals surface area contributed by atoms with Crippen LogP contribution in [0.1, 0.15) is 72.9 Å². The maximum absolute atomic E-state index is 12.9. The van der Waals surface area contributed by atoms with Crippen molar-refractivity contribution in [1.82, 2.24) is 19.8 Å². The van der Waals surface area contributed by atoms with E-state index in [4.69, 9.17) is 0 Å². The molecule has 0 aromatic carbocycles. The fourth-order valence-corrected chi connectivity index (χ4v) is 3.97. The van der Waals surface area contributed by atoms with E-state index in [1.54, 1.807) is 20.3 Å². The Balaban J connectivity index is 1.84. The van der Waals surface area contributed by atoms with Crippen LogP contribution in [0.15, 0.2) is 6.20 Å². The molecule has 136 valence electrons. The normalized spacial score (nSPS) is 21.4. The van der Waals surface area contributed by atoms with Gasteiger partial charge in [0, 0.05) is 32.8 Å². The molecule has 25 heavy (non-hydrogen) atoms. The minimum Gasteiger partial charge on any atom is -0.345 e. The lowest BCUT2D eigenvalue weighted by Gasteiger charge is -2.36. The second-order valence-electron chi connectivity index (χ2n) is 7.45. The van der Waals surface area contributed by atoms with E-state index < -0.39 is 0 Å². The van der Waals surface area contributed by atoms with Gasteiger partial charge in [0.1, 0.15) is 0 Å². The number of hydrogen-bond acceptors (Lipinski definition) is 4. The summed E-state index contributed by atoms with van der Waals surface area (Å²) in [6, 6.07) is -0.0518. The molecule has 0 radical (unpaired) electrons. The summed E-state index contributed by atoms with van der Waals surface area (Å²) in [5.41, 5.74) is 1.21. The van der Waals surface area contributed by atoms with Gasteiger partial charge in [-0.05, 0) is 39.0 Å². The summed E-state index contributed by atoms with van der Waals surface area (Å²) in [7, 11) is 3.44. The van der Waals surface area contributed by atoms with E-state index >= 15 is 0 Å². The first-order valence-electron chi connectivity index (χ1n) is 9.34. The molecule has 1 unspecified atom stereocenters. The highest BCUT2D eigenvalue weighted by atomic mass is 16.2. The fourth-order valence-electron chi connectivity index (χ4n) is 3.97. The van der Waals surface area contributed by atoms with Crippen LogP contribution in [-0.2, 0) is 4.79 Å². The maximum Gasteiger partial charge on any atom is 0.256 e. The van der Waals surface area contributed by atoms with Gasteiger partial charge >= 0.3 is 0 Å². The molecule has 2 fully saturated rings. The average molecular weight is 344 g/mol. The first-order chi connectivity index (χ1) is 12.0. The van der Waals surface area contributed by atoms with Gasteiger partial charge in [-0.15, -0.1) is 0 Å². The van der Waals surface area contributed by atoms with Crippen molar-refractivity contribution in [2.24, 2.45) is 5.92 Å². The molecule has 6 heteroatoms. The highest BCUT2D eigenvalue weighted by Gasteiger charge is 2.35. The lowest BCUT2D eigenvalue weighted by Crippen LogP contribution is -2.42. The van der Waals surface area contributed by atoms with Crippen LogP contribution in [0, 0.1) is 12.8 Å². The van der Waals surface area contributed by atoms with Gasteiger partial charge in [-0.1, -0.05) is 12.8 Å². The minimum atomic E-state index is -0.0911. The zero-order valence-corrected chi connectivity index (χ0v) is 15.5. The van der Waals surface area contributed by atoms with Gasteiger partial charge in [0.05, 0.1) is 17.3 Å². The predicted molar refractivity (Wildman–Crippen MR) is 95.0 cm³/mol. The minimum absolute atomic E-state index is 0.0518. The molecule has 1 atom stereocenters. The van der Waals surface area contributed by atoms with E-state index in [0.29, 0.717) is 17.1 Å². The first-order valence-corrected chi connectivity index (χ1v) is 9.34. The quantitative estimate of drug-likeness (QED) is 0.845. The number of likely N-dealkylation sites (tertiary alicyclic amines) is 1. The van der Waals surface area contributed by atoms with Gasteiger partial charge < -0.3 is 9.80 Å². The molecule has 3 rings (SSSR count). The Bertz CT molecular complexity index is 653. The largest absolute Gasteiger partial charge is 0.345 e. The Morgan fingerprint density at radius 2 is 1.80 bits per heavy atom. The average Bonchev–Trinajstić information content (AvgIpc) is 3.15. The summed E-state index contributed by atoms with van der Waals surface area (Å²) in [5.74, 6) is 1.04. The Morgan fingerprint density at radius 3 is 2.44 bits per heavy atom. The third kappa shape index (κ3) is 3.67. The molecule has 1 aromatic rings. The Morgan fingerprint density at radius 1 is 1.12 bits per heavy atom. The summed E-state index contributed by atoms with van der Waals surface area (Å²) < 4.78 is 0. The van der Waals surface area contributed by atoms with Crippen molar-refractivity contribution in [3.05, 3.63) is 23.3 Å². The highest BCUT2D eigenvalue weighted by Crippen LogP contribution is 2.34. The number of aryl methyl sites for hydroxylation is 1. The van der Waals surface area contributed by atoms with Gasteiger partial charge in [-0.3, -0.25) is 9.59 Å². The highest BCUT2D eigenvalue weighted by molar-refractivity contribution is 5.94. The Labute approximate surface area is 149 Å². The summed E-state index contributed by atoms with van der Waals surface area (Å²) in [4.78, 5) is 37.7. The molecular formula is C19H28N4O2. The number of hydrogen-bond donors (Lipinski definition) is 0. The molecule has 6 nitrogen and oxygen atoms in total. The second kappa shape index (κ2) is 7.50. The van der Waals surface area contributed by atoms with Crippen molar-refractivity contribution in [3.8, 4) is 0 Å². The van der Waals surface area contributed by atoms with Crippen LogP contribution in [0.4, 0.5) is 0 Å². The first kappa shape index (κ1) is 17.8. The molecule has 0 spiro atoms. The number of rotatable bonds is 3. The van der Waals surface area contributed by atoms with E-state index in [0.717, 1.165) is 51.5 Å². The van der Waals surface area contributed by atoms with Crippen LogP contribution < -0.4 is 0 Å². The van der Waals surface area contributed by atoms with Crippen molar-refractivity contribution in [2.45, 2.75) is 57.9 Å². The zero-order chi connectivity index (χ0) is 18.0. The fraction of sp³-hybridized carbons (Fsp3) is 0.684. The van der Waals surface area contributed by atoms with E-state index in [1.807, 2.05) is 11.8 Å². The molecular weight excluding hydrogens is 316 g/mol. The van der Waals surface area contributed by atoms with Crippen LogP contribution in [0.2, 0.25) is 0 Å². The van der Waals surface area contributed by atoms with Crippen molar-refractivity contribution in [1.29, 1.82) is 0 Å². The van der Waals surface area contributed by atoms with Gasteiger partial charge in [0.25, 0.3) is 5.91 Å². The molecule has 1 saturated carbocycles. The van der Waals surface area contributed by atoms with Crippen LogP contribution in [0.3, 0.4) is 0 Å². The molecule has 1 saturated heterocycles. The maximum atomic E-state index is 12.9. The topological polar surface area (TPSA) is 66.4 Å². The number of carbonyl (C=O) groups excluding carboxylic acids is 2. The van der Waals surface area contributed by atoms with E-state index in [2.05, 4.69) is 9.97 Å². The standard InChI is InChI=1S/C19H28N4O2/c1-13-15(19(25)22(2)3)12-20-17(21-13)16-10-6-7-11-23(16)18(24)14-8-4-5-9-14/h12,14,16H,4-11H2,1-3H3.